The third-order valence-corrected chi connectivity index (χ3v) is 4.98. The summed E-state index contributed by atoms with van der Waals surface area (Å²) >= 11 is 12.1. The monoisotopic (exact) mass is 325 g/mol. The van der Waals surface area contributed by atoms with Gasteiger partial charge in [-0.1, -0.05) is 18.5 Å². The van der Waals surface area contributed by atoms with Crippen LogP contribution in [0.1, 0.15) is 25.6 Å². The van der Waals surface area contributed by atoms with Crippen molar-refractivity contribution in [3.8, 4) is 0 Å². The van der Waals surface area contributed by atoms with Crippen LogP contribution in [0.2, 0.25) is 5.02 Å². The molecule has 1 aliphatic heterocycles. The second kappa shape index (κ2) is 6.55. The fourth-order valence-electron chi connectivity index (χ4n) is 3.20. The van der Waals surface area contributed by atoms with Gasteiger partial charge in [0, 0.05) is 11.6 Å². The Labute approximate surface area is 135 Å². The van der Waals surface area contributed by atoms with E-state index in [1.165, 1.54) is 25.9 Å². The van der Waals surface area contributed by atoms with Crippen molar-refractivity contribution >= 4 is 34.2 Å². The van der Waals surface area contributed by atoms with E-state index in [0.717, 1.165) is 35.0 Å². The first kappa shape index (κ1) is 15.1. The minimum absolute atomic E-state index is 0.445. The Morgan fingerprint density at radius 3 is 2.71 bits per heavy atom. The lowest BCUT2D eigenvalue weighted by molar-refractivity contribution is 0.181. The molecule has 114 valence electrons. The normalized spacial score (nSPS) is 17.7. The summed E-state index contributed by atoms with van der Waals surface area (Å²) in [5.74, 6) is 2.11. The third kappa shape index (κ3) is 3.20. The average molecular weight is 326 g/mol. The maximum atomic E-state index is 6.08. The number of benzene rings is 1. The molecule has 3 rings (SSSR count). The van der Waals surface area contributed by atoms with Crippen LogP contribution in [0.4, 0.5) is 0 Å². The van der Waals surface area contributed by atoms with Crippen LogP contribution in [0, 0.1) is 5.92 Å². The van der Waals surface area contributed by atoms with E-state index in [9.17, 15) is 0 Å². The molecule has 1 aliphatic rings. The summed E-state index contributed by atoms with van der Waals surface area (Å²) in [4.78, 5) is 7.14. The molecule has 0 bridgehead atoms. The van der Waals surface area contributed by atoms with E-state index in [1.54, 1.807) is 0 Å². The fourth-order valence-corrected chi connectivity index (χ4v) is 3.57. The van der Waals surface area contributed by atoms with Crippen LogP contribution in [0.5, 0.6) is 0 Å². The van der Waals surface area contributed by atoms with E-state index in [-0.39, 0.29) is 0 Å². The molecule has 0 amide bonds. The predicted octanol–water partition coefficient (Wildman–Crippen LogP) is 4.16. The molecule has 1 aromatic heterocycles. The third-order valence-electron chi connectivity index (χ3n) is 4.50. The van der Waals surface area contributed by atoms with Crippen molar-refractivity contribution in [1.29, 1.82) is 0 Å². The first-order chi connectivity index (χ1) is 10.2. The Balaban J connectivity index is 1.83. The van der Waals surface area contributed by atoms with Crippen molar-refractivity contribution in [2.75, 3.05) is 19.6 Å². The summed E-state index contributed by atoms with van der Waals surface area (Å²) in [6, 6.07) is 5.91. The minimum atomic E-state index is 0.445. The number of alkyl halides is 1. The molecule has 0 unspecified atom stereocenters. The Morgan fingerprint density at radius 2 is 2.05 bits per heavy atom. The zero-order chi connectivity index (χ0) is 14.8. The number of hydrogen-bond acceptors (Lipinski definition) is 2. The number of rotatable bonds is 4. The van der Waals surface area contributed by atoms with Gasteiger partial charge in [0.25, 0.3) is 0 Å². The summed E-state index contributed by atoms with van der Waals surface area (Å²) in [7, 11) is 0. The van der Waals surface area contributed by atoms with Gasteiger partial charge in [0.1, 0.15) is 5.82 Å². The van der Waals surface area contributed by atoms with Crippen LogP contribution in [0.15, 0.2) is 18.2 Å². The van der Waals surface area contributed by atoms with Gasteiger partial charge < -0.3 is 9.47 Å². The van der Waals surface area contributed by atoms with E-state index < -0.39 is 0 Å². The van der Waals surface area contributed by atoms with Gasteiger partial charge in [0.15, 0.2) is 0 Å². The van der Waals surface area contributed by atoms with Gasteiger partial charge in [-0.05, 0) is 56.6 Å². The van der Waals surface area contributed by atoms with Crippen LogP contribution in [0.25, 0.3) is 11.0 Å². The van der Waals surface area contributed by atoms with Gasteiger partial charge in [-0.2, -0.15) is 0 Å². The van der Waals surface area contributed by atoms with Crippen LogP contribution < -0.4 is 0 Å². The largest absolute Gasteiger partial charge is 0.327 e. The first-order valence-electron chi connectivity index (χ1n) is 7.64. The number of halogens is 2. The molecule has 0 saturated carbocycles. The molecule has 0 spiro atoms. The summed E-state index contributed by atoms with van der Waals surface area (Å²) in [5, 5.41) is 0.726. The van der Waals surface area contributed by atoms with E-state index >= 15 is 0 Å². The smallest absolute Gasteiger partial charge is 0.124 e. The molecular formula is C16H21Cl2N3. The van der Waals surface area contributed by atoms with E-state index in [0.29, 0.717) is 11.8 Å². The molecule has 0 N–H and O–H groups in total. The van der Waals surface area contributed by atoms with Crippen molar-refractivity contribution in [3.05, 3.63) is 29.0 Å². The van der Waals surface area contributed by atoms with Gasteiger partial charge in [0.2, 0.25) is 0 Å². The van der Waals surface area contributed by atoms with Crippen LogP contribution in [-0.2, 0) is 12.4 Å². The van der Waals surface area contributed by atoms with Crippen LogP contribution >= 0.6 is 23.2 Å². The molecule has 2 heterocycles. The molecule has 21 heavy (non-hydrogen) atoms. The highest BCUT2D eigenvalue weighted by Gasteiger charge is 2.20. The van der Waals surface area contributed by atoms with Crippen molar-refractivity contribution < 1.29 is 0 Å². The van der Waals surface area contributed by atoms with Crippen LogP contribution in [0.3, 0.4) is 0 Å². The number of likely N-dealkylation sites (tertiary alicyclic amines) is 1. The lowest BCUT2D eigenvalue weighted by atomic mass is 9.96. The second-order valence-electron chi connectivity index (χ2n) is 5.78. The molecule has 2 aromatic rings. The zero-order valence-corrected chi connectivity index (χ0v) is 13.9. The lowest BCUT2D eigenvalue weighted by Gasteiger charge is -2.31. The molecule has 5 heteroatoms. The number of nitrogens with zero attached hydrogens (tertiary/aromatic N) is 3. The Bertz CT molecular complexity index is 615. The summed E-state index contributed by atoms with van der Waals surface area (Å²) in [5.41, 5.74) is 2.09. The maximum absolute atomic E-state index is 6.08. The molecule has 0 radical (unpaired) electrons. The van der Waals surface area contributed by atoms with E-state index in [2.05, 4.69) is 27.4 Å². The Morgan fingerprint density at radius 1 is 1.29 bits per heavy atom. The second-order valence-corrected chi connectivity index (χ2v) is 6.49. The number of piperidine rings is 1. The number of imidazole rings is 1. The quantitative estimate of drug-likeness (QED) is 0.787. The summed E-state index contributed by atoms with van der Waals surface area (Å²) in [6.07, 6.45) is 2.51. The predicted molar refractivity (Wildman–Crippen MR) is 89.1 cm³/mol. The zero-order valence-electron chi connectivity index (χ0n) is 12.4. The number of fused-ring (bicyclic) bond motifs is 1. The SMILES string of the molecule is CCN1CCC(Cn2c(CCl)nc3cc(Cl)ccc32)CC1. The Kier molecular flexibility index (Phi) is 4.72. The first-order valence-corrected chi connectivity index (χ1v) is 8.55. The van der Waals surface area contributed by atoms with Gasteiger partial charge >= 0.3 is 0 Å². The van der Waals surface area contributed by atoms with Gasteiger partial charge in [-0.25, -0.2) is 4.98 Å². The van der Waals surface area contributed by atoms with Crippen molar-refractivity contribution in [3.63, 3.8) is 0 Å². The number of aromatic nitrogens is 2. The molecule has 0 aliphatic carbocycles. The van der Waals surface area contributed by atoms with E-state index in [1.807, 2.05) is 12.1 Å². The van der Waals surface area contributed by atoms with Crippen LogP contribution in [-0.4, -0.2) is 34.1 Å². The molecule has 0 atom stereocenters. The topological polar surface area (TPSA) is 21.1 Å². The molecule has 1 saturated heterocycles. The highest BCUT2D eigenvalue weighted by atomic mass is 35.5. The molecule has 3 nitrogen and oxygen atoms in total. The fraction of sp³-hybridized carbons (Fsp3) is 0.562. The minimum Gasteiger partial charge on any atom is -0.327 e. The standard InChI is InChI=1S/C16H21Cl2N3/c1-2-20-7-5-12(6-8-20)11-21-15-4-3-13(18)9-14(15)19-16(21)10-17/h3-4,9,12H,2,5-8,10-11H2,1H3. The van der Waals surface area contributed by atoms with Crippen molar-refractivity contribution in [2.24, 2.45) is 5.92 Å². The highest BCUT2D eigenvalue weighted by Crippen LogP contribution is 2.25. The molecule has 1 fully saturated rings. The van der Waals surface area contributed by atoms with Gasteiger partial charge in [-0.15, -0.1) is 11.6 Å². The van der Waals surface area contributed by atoms with Crippen molar-refractivity contribution in [1.82, 2.24) is 14.5 Å². The molecular weight excluding hydrogens is 305 g/mol. The van der Waals surface area contributed by atoms with Gasteiger partial charge in [0.05, 0.1) is 16.9 Å². The summed E-state index contributed by atoms with van der Waals surface area (Å²) in [6.45, 7) is 6.81. The van der Waals surface area contributed by atoms with Gasteiger partial charge in [-0.3, -0.25) is 0 Å². The van der Waals surface area contributed by atoms with Crippen molar-refractivity contribution in [2.45, 2.75) is 32.2 Å². The Hall–Kier alpha value is -0.770. The number of hydrogen-bond donors (Lipinski definition) is 0. The van der Waals surface area contributed by atoms with E-state index in [4.69, 9.17) is 23.2 Å². The summed E-state index contributed by atoms with van der Waals surface area (Å²) < 4.78 is 2.28. The molecule has 1 aromatic carbocycles. The maximum Gasteiger partial charge on any atom is 0.124 e. The lowest BCUT2D eigenvalue weighted by Crippen LogP contribution is -2.34. The average Bonchev–Trinajstić information content (AvgIpc) is 2.85. The highest BCUT2D eigenvalue weighted by molar-refractivity contribution is 6.31.